The van der Waals surface area contributed by atoms with E-state index in [1.54, 1.807) is 6.20 Å². The number of piperidine rings is 2. The van der Waals surface area contributed by atoms with Crippen LogP contribution in [0.4, 0.5) is 0 Å². The average molecular weight is 336 g/mol. The lowest BCUT2D eigenvalue weighted by molar-refractivity contribution is 0.0711. The van der Waals surface area contributed by atoms with E-state index in [1.165, 1.54) is 25.9 Å². The summed E-state index contributed by atoms with van der Waals surface area (Å²) in [4.78, 5) is 22.1. The quantitative estimate of drug-likeness (QED) is 0.779. The van der Waals surface area contributed by atoms with Gasteiger partial charge < -0.3 is 14.4 Å². The van der Waals surface area contributed by atoms with Crippen LogP contribution in [0.25, 0.3) is 22.2 Å². The van der Waals surface area contributed by atoms with Gasteiger partial charge in [-0.3, -0.25) is 4.79 Å². The van der Waals surface area contributed by atoms with Crippen LogP contribution in [-0.2, 0) is 5.41 Å². The second-order valence-electron chi connectivity index (χ2n) is 7.26. The Hall–Kier alpha value is -2.47. The van der Waals surface area contributed by atoms with E-state index in [9.17, 15) is 4.79 Å². The first-order valence-corrected chi connectivity index (χ1v) is 8.93. The molecule has 1 N–H and O–H groups in total. The summed E-state index contributed by atoms with van der Waals surface area (Å²) in [6, 6.07) is 7.53. The normalized spacial score (nSPS) is 26.0. The third-order valence-corrected chi connectivity index (χ3v) is 5.72. The van der Waals surface area contributed by atoms with Crippen LogP contribution < -0.4 is 5.56 Å². The van der Waals surface area contributed by atoms with Gasteiger partial charge in [-0.2, -0.15) is 4.98 Å². The van der Waals surface area contributed by atoms with Crippen molar-refractivity contribution in [2.45, 2.75) is 31.1 Å². The molecule has 5 rings (SSSR count). The van der Waals surface area contributed by atoms with Gasteiger partial charge in [-0.05, 0) is 50.2 Å². The van der Waals surface area contributed by atoms with Crippen LogP contribution in [0.15, 0.2) is 39.8 Å². The number of aromatic nitrogens is 3. The first-order valence-electron chi connectivity index (χ1n) is 8.93. The summed E-state index contributed by atoms with van der Waals surface area (Å²) >= 11 is 0. The van der Waals surface area contributed by atoms with Crippen molar-refractivity contribution in [2.75, 3.05) is 19.6 Å². The number of fused-ring (bicyclic) bond motifs is 3. The Bertz CT molecular complexity index is 980. The van der Waals surface area contributed by atoms with Gasteiger partial charge in [0.2, 0.25) is 11.7 Å². The van der Waals surface area contributed by atoms with Crippen molar-refractivity contribution in [3.63, 3.8) is 0 Å². The molecule has 4 heterocycles. The molecule has 0 unspecified atom stereocenters. The number of rotatable bonds is 2. The zero-order chi connectivity index (χ0) is 16.9. The number of nitrogens with zero attached hydrogens (tertiary/aromatic N) is 3. The number of pyridine rings is 1. The van der Waals surface area contributed by atoms with Crippen LogP contribution in [0.1, 0.15) is 31.6 Å². The van der Waals surface area contributed by atoms with E-state index >= 15 is 0 Å². The van der Waals surface area contributed by atoms with Gasteiger partial charge >= 0.3 is 0 Å². The summed E-state index contributed by atoms with van der Waals surface area (Å²) < 4.78 is 5.73. The monoisotopic (exact) mass is 336 g/mol. The maximum atomic E-state index is 12.0. The summed E-state index contributed by atoms with van der Waals surface area (Å²) in [5.41, 5.74) is 0.710. The molecular formula is C19H20N4O2. The Kier molecular flexibility index (Phi) is 3.28. The Morgan fingerprint density at radius 2 is 1.88 bits per heavy atom. The molecule has 2 fully saturated rings. The lowest BCUT2D eigenvalue weighted by Gasteiger charge is -2.44. The van der Waals surface area contributed by atoms with Crippen LogP contribution in [0.5, 0.6) is 0 Å². The van der Waals surface area contributed by atoms with Gasteiger partial charge in [-0.25, -0.2) is 0 Å². The topological polar surface area (TPSA) is 75.0 Å². The van der Waals surface area contributed by atoms with Gasteiger partial charge in [0.1, 0.15) is 0 Å². The molecule has 2 aliphatic heterocycles. The SMILES string of the molecule is O=c1[nH]cc(-c2noc(C34CCCN(CCC3)C4)n2)c2ccccc12. The molecule has 2 bridgehead atoms. The minimum absolute atomic E-state index is 0.000255. The largest absolute Gasteiger partial charge is 0.338 e. The maximum absolute atomic E-state index is 12.0. The molecule has 0 aliphatic carbocycles. The minimum Gasteiger partial charge on any atom is -0.338 e. The van der Waals surface area contributed by atoms with Crippen molar-refractivity contribution in [1.29, 1.82) is 0 Å². The van der Waals surface area contributed by atoms with Crippen molar-refractivity contribution in [2.24, 2.45) is 0 Å². The zero-order valence-corrected chi connectivity index (χ0v) is 14.0. The van der Waals surface area contributed by atoms with E-state index < -0.39 is 0 Å². The Balaban J connectivity index is 1.60. The highest BCUT2D eigenvalue weighted by Gasteiger charge is 2.44. The molecule has 2 aromatic heterocycles. The Morgan fingerprint density at radius 3 is 2.68 bits per heavy atom. The van der Waals surface area contributed by atoms with Gasteiger partial charge in [0.05, 0.1) is 5.41 Å². The molecule has 6 nitrogen and oxygen atoms in total. The summed E-state index contributed by atoms with van der Waals surface area (Å²) in [5, 5.41) is 5.75. The first kappa shape index (κ1) is 14.8. The molecule has 0 atom stereocenters. The lowest BCUT2D eigenvalue weighted by atomic mass is 9.73. The van der Waals surface area contributed by atoms with Gasteiger partial charge in [-0.15, -0.1) is 0 Å². The van der Waals surface area contributed by atoms with E-state index in [0.29, 0.717) is 11.2 Å². The fourth-order valence-electron chi connectivity index (χ4n) is 4.49. The van der Waals surface area contributed by atoms with Crippen molar-refractivity contribution in [3.05, 3.63) is 46.7 Å². The fourth-order valence-corrected chi connectivity index (χ4v) is 4.49. The summed E-state index contributed by atoms with van der Waals surface area (Å²) in [6.45, 7) is 3.36. The van der Waals surface area contributed by atoms with Crippen LogP contribution in [0.2, 0.25) is 0 Å². The van der Waals surface area contributed by atoms with E-state index in [1.807, 2.05) is 24.3 Å². The number of hydrogen-bond acceptors (Lipinski definition) is 5. The van der Waals surface area contributed by atoms with E-state index in [0.717, 1.165) is 36.2 Å². The molecule has 0 radical (unpaired) electrons. The van der Waals surface area contributed by atoms with E-state index in [2.05, 4.69) is 15.0 Å². The Morgan fingerprint density at radius 1 is 1.12 bits per heavy atom. The molecule has 25 heavy (non-hydrogen) atoms. The van der Waals surface area contributed by atoms with Crippen LogP contribution >= 0.6 is 0 Å². The van der Waals surface area contributed by atoms with Crippen molar-refractivity contribution in [3.8, 4) is 11.4 Å². The van der Waals surface area contributed by atoms with Crippen molar-refractivity contribution < 1.29 is 4.52 Å². The highest BCUT2D eigenvalue weighted by atomic mass is 16.5. The molecule has 2 saturated heterocycles. The average Bonchev–Trinajstić information content (AvgIpc) is 3.13. The lowest BCUT2D eigenvalue weighted by Crippen LogP contribution is -2.50. The molecule has 0 amide bonds. The highest BCUT2D eigenvalue weighted by Crippen LogP contribution is 2.41. The molecule has 0 spiro atoms. The van der Waals surface area contributed by atoms with Crippen molar-refractivity contribution >= 4 is 10.8 Å². The highest BCUT2D eigenvalue weighted by molar-refractivity contribution is 5.93. The Labute approximate surface area is 144 Å². The number of H-pyrrole nitrogens is 1. The molecule has 2 aliphatic rings. The van der Waals surface area contributed by atoms with Crippen molar-refractivity contribution in [1.82, 2.24) is 20.0 Å². The predicted octanol–water partition coefficient (Wildman–Crippen LogP) is 2.71. The molecule has 128 valence electrons. The molecule has 3 aromatic rings. The predicted molar refractivity (Wildman–Crippen MR) is 94.4 cm³/mol. The first-order chi connectivity index (χ1) is 12.3. The third kappa shape index (κ3) is 2.32. The second-order valence-corrected chi connectivity index (χ2v) is 7.26. The second kappa shape index (κ2) is 5.52. The van der Waals surface area contributed by atoms with Gasteiger partial charge in [0.15, 0.2) is 0 Å². The number of benzene rings is 1. The number of hydrogen-bond donors (Lipinski definition) is 1. The van der Waals surface area contributed by atoms with Crippen LogP contribution in [-0.4, -0.2) is 39.7 Å². The molecule has 1 aromatic carbocycles. The summed E-state index contributed by atoms with van der Waals surface area (Å²) in [7, 11) is 0. The van der Waals surface area contributed by atoms with Crippen LogP contribution in [0.3, 0.4) is 0 Å². The summed E-state index contributed by atoms with van der Waals surface area (Å²) in [5.74, 6) is 1.31. The molecular weight excluding hydrogens is 316 g/mol. The summed E-state index contributed by atoms with van der Waals surface area (Å²) in [6.07, 6.45) is 6.26. The number of nitrogens with one attached hydrogen (secondary N) is 1. The van der Waals surface area contributed by atoms with E-state index in [-0.39, 0.29) is 11.0 Å². The maximum Gasteiger partial charge on any atom is 0.255 e. The van der Waals surface area contributed by atoms with Crippen LogP contribution in [0, 0.1) is 0 Å². The zero-order valence-electron chi connectivity index (χ0n) is 14.0. The number of aromatic amines is 1. The van der Waals surface area contributed by atoms with Gasteiger partial charge in [0.25, 0.3) is 5.56 Å². The fraction of sp³-hybridized carbons (Fsp3) is 0.421. The van der Waals surface area contributed by atoms with Gasteiger partial charge in [0, 0.05) is 23.7 Å². The standard InChI is InChI=1S/C19H20N4O2/c24-17-14-6-2-1-5-13(14)15(11-20-17)16-21-18(25-22-16)19-7-3-9-23(12-19)10-4-8-19/h1-2,5-6,11H,3-4,7-10,12H2,(H,20,24). The smallest absolute Gasteiger partial charge is 0.255 e. The van der Waals surface area contributed by atoms with Gasteiger partial charge in [-0.1, -0.05) is 23.4 Å². The molecule has 0 saturated carbocycles. The third-order valence-electron chi connectivity index (χ3n) is 5.72. The minimum atomic E-state index is -0.100. The molecule has 6 heteroatoms. The van der Waals surface area contributed by atoms with E-state index in [4.69, 9.17) is 9.51 Å².